The van der Waals surface area contributed by atoms with E-state index in [9.17, 15) is 9.59 Å². The van der Waals surface area contributed by atoms with Gasteiger partial charge in [-0.3, -0.25) is 4.79 Å². The fourth-order valence-electron chi connectivity index (χ4n) is 0.579. The van der Waals surface area contributed by atoms with E-state index >= 15 is 0 Å². The molecule has 5 nitrogen and oxygen atoms in total. The van der Waals surface area contributed by atoms with Gasteiger partial charge in [0.05, 0.1) is 5.41 Å². The van der Waals surface area contributed by atoms with Crippen LogP contribution in [0.4, 0.5) is 4.79 Å². The summed E-state index contributed by atoms with van der Waals surface area (Å²) in [6.07, 6.45) is -1.16. The highest BCUT2D eigenvalue weighted by molar-refractivity contribution is 5.81. The summed E-state index contributed by atoms with van der Waals surface area (Å²) in [5.74, 6) is -0.524. The SMILES string of the molecule is CC(NC(=O)O)C(C)(C)C(N)=O. The maximum absolute atomic E-state index is 10.8. The molecule has 0 heterocycles. The molecule has 0 aromatic carbocycles. The number of carbonyl (C=O) groups excluding carboxylic acids is 1. The van der Waals surface area contributed by atoms with Crippen molar-refractivity contribution in [2.24, 2.45) is 11.1 Å². The molecule has 0 radical (unpaired) electrons. The lowest BCUT2D eigenvalue weighted by molar-refractivity contribution is -0.127. The van der Waals surface area contributed by atoms with Crippen LogP contribution in [0, 0.1) is 5.41 Å². The highest BCUT2D eigenvalue weighted by atomic mass is 16.4. The number of nitrogens with one attached hydrogen (secondary N) is 1. The van der Waals surface area contributed by atoms with Crippen LogP contribution < -0.4 is 11.1 Å². The minimum atomic E-state index is -1.16. The predicted molar refractivity (Wildman–Crippen MR) is 43.6 cm³/mol. The predicted octanol–water partition coefficient (Wildman–Crippen LogP) is 0.154. The third kappa shape index (κ3) is 2.41. The van der Waals surface area contributed by atoms with Gasteiger partial charge in [0.2, 0.25) is 5.91 Å². The van der Waals surface area contributed by atoms with Gasteiger partial charge in [0.1, 0.15) is 0 Å². The van der Waals surface area contributed by atoms with E-state index in [2.05, 4.69) is 5.32 Å². The van der Waals surface area contributed by atoms with Crippen molar-refractivity contribution in [3.63, 3.8) is 0 Å². The molecule has 0 saturated heterocycles. The van der Waals surface area contributed by atoms with E-state index < -0.39 is 23.5 Å². The van der Waals surface area contributed by atoms with Crippen molar-refractivity contribution in [1.29, 1.82) is 0 Å². The maximum Gasteiger partial charge on any atom is 0.404 e. The van der Waals surface area contributed by atoms with Crippen LogP contribution in [0.2, 0.25) is 0 Å². The topological polar surface area (TPSA) is 92.4 Å². The Kier molecular flexibility index (Phi) is 3.06. The summed E-state index contributed by atoms with van der Waals surface area (Å²) in [4.78, 5) is 21.0. The highest BCUT2D eigenvalue weighted by Crippen LogP contribution is 2.19. The molecule has 2 amide bonds. The third-order valence-corrected chi connectivity index (χ3v) is 2.06. The van der Waals surface area contributed by atoms with Gasteiger partial charge in [-0.25, -0.2) is 4.79 Å². The highest BCUT2D eigenvalue weighted by Gasteiger charge is 2.32. The smallest absolute Gasteiger partial charge is 0.404 e. The van der Waals surface area contributed by atoms with Crippen LogP contribution >= 0.6 is 0 Å². The third-order valence-electron chi connectivity index (χ3n) is 2.06. The lowest BCUT2D eigenvalue weighted by Crippen LogP contribution is -2.49. The molecule has 0 aromatic rings. The van der Waals surface area contributed by atoms with Crippen LogP contribution in [0.3, 0.4) is 0 Å². The molecule has 0 aliphatic rings. The Morgan fingerprint density at radius 2 is 1.92 bits per heavy atom. The molecular weight excluding hydrogens is 160 g/mol. The summed E-state index contributed by atoms with van der Waals surface area (Å²) in [6.45, 7) is 4.78. The largest absolute Gasteiger partial charge is 0.465 e. The Labute approximate surface area is 70.9 Å². The van der Waals surface area contributed by atoms with Gasteiger partial charge in [0.25, 0.3) is 0 Å². The number of hydrogen-bond acceptors (Lipinski definition) is 2. The number of hydrogen-bond donors (Lipinski definition) is 3. The number of nitrogens with two attached hydrogens (primary N) is 1. The number of carboxylic acid groups (broad SMARTS) is 1. The minimum absolute atomic E-state index is 0.493. The van der Waals surface area contributed by atoms with E-state index in [4.69, 9.17) is 10.8 Å². The van der Waals surface area contributed by atoms with Crippen molar-refractivity contribution in [3.8, 4) is 0 Å². The van der Waals surface area contributed by atoms with Gasteiger partial charge in [-0.05, 0) is 20.8 Å². The van der Waals surface area contributed by atoms with Crippen LogP contribution in [0.5, 0.6) is 0 Å². The van der Waals surface area contributed by atoms with E-state index in [0.29, 0.717) is 0 Å². The Morgan fingerprint density at radius 3 is 2.17 bits per heavy atom. The fraction of sp³-hybridized carbons (Fsp3) is 0.714. The fourth-order valence-corrected chi connectivity index (χ4v) is 0.579. The number of carbonyl (C=O) groups is 2. The van der Waals surface area contributed by atoms with Gasteiger partial charge in [0, 0.05) is 6.04 Å². The first-order valence-corrected chi connectivity index (χ1v) is 3.58. The van der Waals surface area contributed by atoms with Crippen molar-refractivity contribution >= 4 is 12.0 Å². The Hall–Kier alpha value is -1.26. The molecule has 1 atom stereocenters. The molecule has 0 aliphatic heterocycles. The zero-order chi connectivity index (χ0) is 9.94. The van der Waals surface area contributed by atoms with Crippen LogP contribution in [0.1, 0.15) is 20.8 Å². The number of amides is 2. The van der Waals surface area contributed by atoms with Gasteiger partial charge >= 0.3 is 6.09 Å². The first-order chi connectivity index (χ1) is 5.28. The molecule has 0 fully saturated rings. The Morgan fingerprint density at radius 1 is 1.50 bits per heavy atom. The second-order valence-electron chi connectivity index (χ2n) is 3.26. The summed E-state index contributed by atoms with van der Waals surface area (Å²) in [6, 6.07) is -0.493. The van der Waals surface area contributed by atoms with Gasteiger partial charge in [0.15, 0.2) is 0 Å². The van der Waals surface area contributed by atoms with Crippen LogP contribution in [-0.2, 0) is 4.79 Å². The van der Waals surface area contributed by atoms with Crippen LogP contribution in [0.15, 0.2) is 0 Å². The first kappa shape index (κ1) is 10.7. The van der Waals surface area contributed by atoms with E-state index in [0.717, 1.165) is 0 Å². The quantitative estimate of drug-likeness (QED) is 0.568. The van der Waals surface area contributed by atoms with Crippen molar-refractivity contribution in [2.75, 3.05) is 0 Å². The van der Waals surface area contributed by atoms with E-state index in [1.165, 1.54) is 0 Å². The molecule has 0 aromatic heterocycles. The second-order valence-corrected chi connectivity index (χ2v) is 3.26. The molecule has 0 aliphatic carbocycles. The second kappa shape index (κ2) is 3.42. The molecular formula is C7H14N2O3. The van der Waals surface area contributed by atoms with Crippen molar-refractivity contribution in [2.45, 2.75) is 26.8 Å². The lowest BCUT2D eigenvalue weighted by Gasteiger charge is -2.27. The lowest BCUT2D eigenvalue weighted by atomic mass is 9.85. The maximum atomic E-state index is 10.8. The van der Waals surface area contributed by atoms with E-state index in [-0.39, 0.29) is 0 Å². The Bertz CT molecular complexity index is 201. The monoisotopic (exact) mass is 174 g/mol. The molecule has 12 heavy (non-hydrogen) atoms. The summed E-state index contributed by atoms with van der Waals surface area (Å²) in [5, 5.41) is 10.5. The Balaban J connectivity index is 4.35. The van der Waals surface area contributed by atoms with Gasteiger partial charge in [-0.15, -0.1) is 0 Å². The summed E-state index contributed by atoms with van der Waals surface area (Å²) < 4.78 is 0. The van der Waals surface area contributed by atoms with Gasteiger partial charge in [-0.2, -0.15) is 0 Å². The molecule has 0 saturated carbocycles. The molecule has 5 heteroatoms. The molecule has 70 valence electrons. The zero-order valence-corrected chi connectivity index (χ0v) is 7.42. The normalized spacial score (nSPS) is 13.6. The molecule has 1 unspecified atom stereocenters. The van der Waals surface area contributed by atoms with E-state index in [1.54, 1.807) is 20.8 Å². The summed E-state index contributed by atoms with van der Waals surface area (Å²) in [7, 11) is 0. The summed E-state index contributed by atoms with van der Waals surface area (Å²) in [5.41, 5.74) is 4.21. The number of rotatable bonds is 3. The van der Waals surface area contributed by atoms with Crippen molar-refractivity contribution in [3.05, 3.63) is 0 Å². The molecule has 4 N–H and O–H groups in total. The van der Waals surface area contributed by atoms with Crippen LogP contribution in [0.25, 0.3) is 0 Å². The first-order valence-electron chi connectivity index (χ1n) is 3.58. The number of primary amides is 1. The molecule has 0 rings (SSSR count). The van der Waals surface area contributed by atoms with Gasteiger partial charge < -0.3 is 16.2 Å². The van der Waals surface area contributed by atoms with Crippen LogP contribution in [-0.4, -0.2) is 23.1 Å². The molecule has 0 bridgehead atoms. The average Bonchev–Trinajstić information content (AvgIpc) is 1.85. The van der Waals surface area contributed by atoms with E-state index in [1.807, 2.05) is 0 Å². The minimum Gasteiger partial charge on any atom is -0.465 e. The average molecular weight is 174 g/mol. The van der Waals surface area contributed by atoms with Gasteiger partial charge in [-0.1, -0.05) is 0 Å². The zero-order valence-electron chi connectivity index (χ0n) is 7.42. The standard InChI is InChI=1S/C7H14N2O3/c1-4(9-6(11)12)7(2,3)5(8)10/h4,9H,1-3H3,(H2,8,10)(H,11,12). The van der Waals surface area contributed by atoms with Crippen molar-refractivity contribution < 1.29 is 14.7 Å². The summed E-state index contributed by atoms with van der Waals surface area (Å²) >= 11 is 0. The van der Waals surface area contributed by atoms with Crippen molar-refractivity contribution in [1.82, 2.24) is 5.32 Å². The molecule has 0 spiro atoms.